The van der Waals surface area contributed by atoms with Gasteiger partial charge in [-0.3, -0.25) is 4.79 Å². The van der Waals surface area contributed by atoms with Gasteiger partial charge < -0.3 is 20.4 Å². The van der Waals surface area contributed by atoms with Gasteiger partial charge in [-0.25, -0.2) is 4.98 Å². The van der Waals surface area contributed by atoms with Crippen molar-refractivity contribution >= 4 is 5.91 Å². The molecule has 1 aromatic rings. The van der Waals surface area contributed by atoms with Crippen LogP contribution in [0.15, 0.2) is 24.7 Å². The van der Waals surface area contributed by atoms with E-state index in [-0.39, 0.29) is 5.91 Å². The van der Waals surface area contributed by atoms with E-state index in [0.717, 1.165) is 5.57 Å². The molecule has 0 radical (unpaired) electrons. The molecule has 18 heavy (non-hydrogen) atoms. The van der Waals surface area contributed by atoms with Gasteiger partial charge in [-0.15, -0.1) is 0 Å². The van der Waals surface area contributed by atoms with Gasteiger partial charge >= 0.3 is 0 Å². The van der Waals surface area contributed by atoms with Crippen molar-refractivity contribution in [1.29, 1.82) is 0 Å². The van der Waals surface area contributed by atoms with Gasteiger partial charge in [0.25, 0.3) is 5.91 Å². The number of hydrogen-bond donors (Lipinski definition) is 2. The SMILES string of the molecule is C=C(C)COCCNC(=O)c1cn(CCN)cn1. The molecule has 1 rings (SSSR count). The van der Waals surface area contributed by atoms with Crippen LogP contribution in [0.4, 0.5) is 0 Å². The minimum atomic E-state index is -0.204. The number of nitrogens with zero attached hydrogens (tertiary/aromatic N) is 2. The fourth-order valence-electron chi connectivity index (χ4n) is 1.32. The van der Waals surface area contributed by atoms with Gasteiger partial charge in [0, 0.05) is 25.8 Å². The predicted molar refractivity (Wildman–Crippen MR) is 69.2 cm³/mol. The molecule has 0 saturated heterocycles. The van der Waals surface area contributed by atoms with Gasteiger partial charge in [0.1, 0.15) is 5.69 Å². The summed E-state index contributed by atoms with van der Waals surface area (Å²) in [5.74, 6) is -0.204. The second kappa shape index (κ2) is 7.62. The lowest BCUT2D eigenvalue weighted by molar-refractivity contribution is 0.0922. The molecule has 0 fully saturated rings. The number of carbonyl (C=O) groups is 1. The molecule has 0 aliphatic rings. The van der Waals surface area contributed by atoms with Crippen LogP contribution < -0.4 is 11.1 Å². The van der Waals surface area contributed by atoms with Gasteiger partial charge in [-0.1, -0.05) is 12.2 Å². The molecule has 0 aliphatic carbocycles. The van der Waals surface area contributed by atoms with E-state index in [0.29, 0.717) is 38.5 Å². The number of rotatable bonds is 8. The number of hydrogen-bond acceptors (Lipinski definition) is 4. The molecule has 3 N–H and O–H groups in total. The monoisotopic (exact) mass is 252 g/mol. The number of nitrogens with one attached hydrogen (secondary N) is 1. The molecule has 0 saturated carbocycles. The van der Waals surface area contributed by atoms with E-state index in [1.165, 1.54) is 0 Å². The molecule has 0 atom stereocenters. The van der Waals surface area contributed by atoms with Crippen LogP contribution in [0, 0.1) is 0 Å². The molecular formula is C12H20N4O2. The van der Waals surface area contributed by atoms with Crippen molar-refractivity contribution in [3.05, 3.63) is 30.4 Å². The van der Waals surface area contributed by atoms with Crippen molar-refractivity contribution in [2.75, 3.05) is 26.3 Å². The minimum absolute atomic E-state index is 0.204. The lowest BCUT2D eigenvalue weighted by atomic mass is 10.4. The predicted octanol–water partition coefficient (Wildman–Crippen LogP) is 0.164. The first-order valence-corrected chi connectivity index (χ1v) is 5.85. The molecule has 6 nitrogen and oxygen atoms in total. The van der Waals surface area contributed by atoms with E-state index in [9.17, 15) is 4.79 Å². The molecule has 0 aromatic carbocycles. The zero-order valence-corrected chi connectivity index (χ0v) is 10.7. The number of aromatic nitrogens is 2. The second-order valence-electron chi connectivity index (χ2n) is 4.05. The first-order chi connectivity index (χ1) is 8.63. The summed E-state index contributed by atoms with van der Waals surface area (Å²) in [6.45, 7) is 8.22. The standard InChI is InChI=1S/C12H20N4O2/c1-10(2)8-18-6-4-14-12(17)11-7-16(5-3-13)9-15-11/h7,9H,1,3-6,8,13H2,2H3,(H,14,17). The maximum atomic E-state index is 11.7. The van der Waals surface area contributed by atoms with E-state index in [2.05, 4.69) is 16.9 Å². The van der Waals surface area contributed by atoms with Crippen LogP contribution in [-0.2, 0) is 11.3 Å². The molecule has 1 aromatic heterocycles. The molecule has 1 amide bonds. The summed E-state index contributed by atoms with van der Waals surface area (Å²) < 4.78 is 7.05. The van der Waals surface area contributed by atoms with Gasteiger partial charge in [0.15, 0.2) is 0 Å². The largest absolute Gasteiger partial charge is 0.375 e. The highest BCUT2D eigenvalue weighted by Gasteiger charge is 2.07. The van der Waals surface area contributed by atoms with E-state index in [1.54, 1.807) is 17.1 Å². The summed E-state index contributed by atoms with van der Waals surface area (Å²) in [6, 6.07) is 0. The first-order valence-electron chi connectivity index (χ1n) is 5.85. The Balaban J connectivity index is 2.25. The number of imidazole rings is 1. The third kappa shape index (κ3) is 5.11. The van der Waals surface area contributed by atoms with Crippen LogP contribution in [0.2, 0.25) is 0 Å². The molecule has 100 valence electrons. The smallest absolute Gasteiger partial charge is 0.271 e. The molecule has 0 spiro atoms. The van der Waals surface area contributed by atoms with Crippen molar-refractivity contribution in [3.63, 3.8) is 0 Å². The van der Waals surface area contributed by atoms with Gasteiger partial charge in [-0.05, 0) is 6.92 Å². The Kier molecular flexibility index (Phi) is 6.10. The van der Waals surface area contributed by atoms with Crippen LogP contribution in [0.3, 0.4) is 0 Å². The number of ether oxygens (including phenoxy) is 1. The van der Waals surface area contributed by atoms with Crippen molar-refractivity contribution in [2.24, 2.45) is 5.73 Å². The van der Waals surface area contributed by atoms with Crippen LogP contribution in [0.1, 0.15) is 17.4 Å². The molecule has 0 aliphatic heterocycles. The summed E-state index contributed by atoms with van der Waals surface area (Å²) in [4.78, 5) is 15.7. The highest BCUT2D eigenvalue weighted by atomic mass is 16.5. The van der Waals surface area contributed by atoms with Crippen molar-refractivity contribution < 1.29 is 9.53 Å². The van der Waals surface area contributed by atoms with Gasteiger partial charge in [-0.2, -0.15) is 0 Å². The van der Waals surface area contributed by atoms with Crippen LogP contribution in [0.25, 0.3) is 0 Å². The van der Waals surface area contributed by atoms with Gasteiger partial charge in [0.05, 0.1) is 19.5 Å². The summed E-state index contributed by atoms with van der Waals surface area (Å²) in [6.07, 6.45) is 3.27. The number of nitrogens with two attached hydrogens (primary N) is 1. The average molecular weight is 252 g/mol. The third-order valence-corrected chi connectivity index (χ3v) is 2.13. The third-order valence-electron chi connectivity index (χ3n) is 2.13. The molecular weight excluding hydrogens is 232 g/mol. The maximum Gasteiger partial charge on any atom is 0.271 e. The van der Waals surface area contributed by atoms with Crippen LogP contribution >= 0.6 is 0 Å². The molecule has 1 heterocycles. The Morgan fingerprint density at radius 1 is 1.67 bits per heavy atom. The lowest BCUT2D eigenvalue weighted by Crippen LogP contribution is -2.27. The minimum Gasteiger partial charge on any atom is -0.375 e. The molecule has 0 bridgehead atoms. The second-order valence-corrected chi connectivity index (χ2v) is 4.05. The van der Waals surface area contributed by atoms with Crippen LogP contribution in [0.5, 0.6) is 0 Å². The zero-order chi connectivity index (χ0) is 13.4. The van der Waals surface area contributed by atoms with E-state index >= 15 is 0 Å². The van der Waals surface area contributed by atoms with Crippen LogP contribution in [-0.4, -0.2) is 41.8 Å². The normalized spacial score (nSPS) is 10.3. The summed E-state index contributed by atoms with van der Waals surface area (Å²) in [7, 11) is 0. The number of amides is 1. The van der Waals surface area contributed by atoms with E-state index < -0.39 is 0 Å². The molecule has 0 unspecified atom stereocenters. The Hall–Kier alpha value is -1.66. The Morgan fingerprint density at radius 3 is 3.11 bits per heavy atom. The maximum absolute atomic E-state index is 11.7. The van der Waals surface area contributed by atoms with Crippen molar-refractivity contribution in [1.82, 2.24) is 14.9 Å². The van der Waals surface area contributed by atoms with Crippen molar-refractivity contribution in [3.8, 4) is 0 Å². The Labute approximate surface area is 107 Å². The summed E-state index contributed by atoms with van der Waals surface area (Å²) >= 11 is 0. The Morgan fingerprint density at radius 2 is 2.44 bits per heavy atom. The van der Waals surface area contributed by atoms with Crippen molar-refractivity contribution in [2.45, 2.75) is 13.5 Å². The quantitative estimate of drug-likeness (QED) is 0.510. The average Bonchev–Trinajstić information content (AvgIpc) is 2.77. The summed E-state index contributed by atoms with van der Waals surface area (Å²) in [5, 5.41) is 2.73. The Bertz CT molecular complexity index is 401. The number of carbonyl (C=O) groups excluding carboxylic acids is 1. The lowest BCUT2D eigenvalue weighted by Gasteiger charge is -2.04. The van der Waals surface area contributed by atoms with Gasteiger partial charge in [0.2, 0.25) is 0 Å². The fraction of sp³-hybridized carbons (Fsp3) is 0.500. The fourth-order valence-corrected chi connectivity index (χ4v) is 1.32. The first kappa shape index (κ1) is 14.4. The topological polar surface area (TPSA) is 82.2 Å². The highest BCUT2D eigenvalue weighted by molar-refractivity contribution is 5.91. The van der Waals surface area contributed by atoms with E-state index in [1.807, 2.05) is 6.92 Å². The summed E-state index contributed by atoms with van der Waals surface area (Å²) in [5.41, 5.74) is 6.76. The highest BCUT2D eigenvalue weighted by Crippen LogP contribution is 1.95. The zero-order valence-electron chi connectivity index (χ0n) is 10.7. The van der Waals surface area contributed by atoms with E-state index in [4.69, 9.17) is 10.5 Å². The molecule has 6 heteroatoms.